The van der Waals surface area contributed by atoms with E-state index in [9.17, 15) is 13.2 Å². The summed E-state index contributed by atoms with van der Waals surface area (Å²) in [4.78, 5) is 14.0. The van der Waals surface area contributed by atoms with E-state index in [0.29, 0.717) is 0 Å². The molecule has 18 heavy (non-hydrogen) atoms. The average molecular weight is 270 g/mol. The topological polar surface area (TPSA) is 72.3 Å². The summed E-state index contributed by atoms with van der Waals surface area (Å²) >= 11 is 0. The van der Waals surface area contributed by atoms with Gasteiger partial charge < -0.3 is 4.90 Å². The first-order chi connectivity index (χ1) is 8.33. The van der Waals surface area contributed by atoms with Crippen molar-refractivity contribution >= 4 is 15.7 Å². The molecule has 1 aromatic rings. The van der Waals surface area contributed by atoms with Crippen molar-refractivity contribution in [2.24, 2.45) is 0 Å². The second-order valence-electron chi connectivity index (χ2n) is 4.89. The third kappa shape index (κ3) is 2.40. The first-order valence-corrected chi connectivity index (χ1v) is 7.56. The van der Waals surface area contributed by atoms with Gasteiger partial charge in [0, 0.05) is 25.4 Å². The van der Waals surface area contributed by atoms with Crippen LogP contribution in [0.4, 0.5) is 0 Å². The van der Waals surface area contributed by atoms with Gasteiger partial charge in [-0.15, -0.1) is 0 Å². The molecule has 7 heteroatoms. The summed E-state index contributed by atoms with van der Waals surface area (Å²) in [6, 6.07) is 2.79. The minimum Gasteiger partial charge on any atom is -0.339 e. The molecule has 2 rings (SSSR count). The normalized spacial score (nSPS) is 19.8. The highest BCUT2D eigenvalue weighted by Crippen LogP contribution is 2.18. The van der Waals surface area contributed by atoms with E-state index < -0.39 is 15.4 Å². The van der Waals surface area contributed by atoms with E-state index in [2.05, 4.69) is 11.2 Å². The number of amides is 1. The van der Waals surface area contributed by atoms with Crippen LogP contribution in [-0.2, 0) is 20.2 Å². The lowest BCUT2D eigenvalue weighted by Crippen LogP contribution is -2.52. The molecule has 1 amide bonds. The number of carbonyl (C=O) groups is 1. The van der Waals surface area contributed by atoms with Gasteiger partial charge >= 0.3 is 0 Å². The molecule has 1 fully saturated rings. The molecule has 0 bridgehead atoms. The first-order valence-electron chi connectivity index (χ1n) is 5.74. The van der Waals surface area contributed by atoms with Crippen molar-refractivity contribution in [1.82, 2.24) is 14.7 Å². The third-order valence-corrected chi connectivity index (χ3v) is 4.79. The predicted octanol–water partition coefficient (Wildman–Crippen LogP) is -0.325. The van der Waals surface area contributed by atoms with Crippen LogP contribution in [0.2, 0.25) is 0 Å². The Morgan fingerprint density at radius 1 is 1.33 bits per heavy atom. The molecule has 0 atom stereocenters. The van der Waals surface area contributed by atoms with Crippen LogP contribution in [0.1, 0.15) is 13.8 Å². The first kappa shape index (κ1) is 13.1. The second kappa shape index (κ2) is 4.38. The van der Waals surface area contributed by atoms with Crippen molar-refractivity contribution in [3.8, 4) is 0 Å². The molecule has 0 aliphatic carbocycles. The largest absolute Gasteiger partial charge is 0.339 e. The van der Waals surface area contributed by atoms with E-state index in [1.54, 1.807) is 29.6 Å². The highest BCUT2D eigenvalue weighted by Gasteiger charge is 2.36. The fraction of sp³-hybridized carbons (Fsp3) is 0.636. The van der Waals surface area contributed by atoms with E-state index in [-0.39, 0.29) is 30.5 Å². The van der Waals surface area contributed by atoms with Gasteiger partial charge in [-0.05, 0) is 13.8 Å². The van der Waals surface area contributed by atoms with Gasteiger partial charge in [-0.1, -0.05) is 0 Å². The Morgan fingerprint density at radius 2 is 1.94 bits per heavy atom. The molecule has 0 N–H and O–H groups in total. The Hall–Kier alpha value is -1.37. The van der Waals surface area contributed by atoms with Crippen LogP contribution in [0.15, 0.2) is 12.4 Å². The smallest absolute Gasteiger partial charge is 0.250 e. The molecule has 6 nitrogen and oxygen atoms in total. The molecular formula is C11H16N3O3S. The van der Waals surface area contributed by atoms with Gasteiger partial charge in [0.2, 0.25) is 5.91 Å². The number of carbonyl (C=O) groups excluding carboxylic acids is 1. The molecule has 0 spiro atoms. The maximum absolute atomic E-state index is 12.4. The zero-order valence-corrected chi connectivity index (χ0v) is 11.3. The van der Waals surface area contributed by atoms with Crippen molar-refractivity contribution in [2.75, 3.05) is 24.6 Å². The minimum absolute atomic E-state index is 0.0417. The SMILES string of the molecule is CC(C)(C(=O)N1CCS(=O)(=O)CC1)n1c[c]cn1. The number of hydrogen-bond acceptors (Lipinski definition) is 4. The Kier molecular flexibility index (Phi) is 3.18. The Morgan fingerprint density at radius 3 is 2.44 bits per heavy atom. The lowest BCUT2D eigenvalue weighted by atomic mass is 10.0. The Bertz CT molecular complexity index is 520. The molecule has 2 heterocycles. The average Bonchev–Trinajstić information content (AvgIpc) is 2.82. The maximum Gasteiger partial charge on any atom is 0.250 e. The van der Waals surface area contributed by atoms with E-state index >= 15 is 0 Å². The van der Waals surface area contributed by atoms with Crippen molar-refractivity contribution in [2.45, 2.75) is 19.4 Å². The summed E-state index contributed by atoms with van der Waals surface area (Å²) in [5, 5.41) is 4.03. The van der Waals surface area contributed by atoms with Crippen LogP contribution < -0.4 is 0 Å². The van der Waals surface area contributed by atoms with Crippen LogP contribution in [0.5, 0.6) is 0 Å². The number of nitrogens with zero attached hydrogens (tertiary/aromatic N) is 3. The summed E-state index contributed by atoms with van der Waals surface area (Å²) < 4.78 is 24.2. The Labute approximate surface area is 106 Å². The van der Waals surface area contributed by atoms with Gasteiger partial charge in [-0.25, -0.2) is 8.42 Å². The molecule has 1 aliphatic heterocycles. The Balaban J connectivity index is 2.13. The summed E-state index contributed by atoms with van der Waals surface area (Å²) in [5.74, 6) is -0.0328. The number of rotatable bonds is 2. The predicted molar refractivity (Wildman–Crippen MR) is 65.6 cm³/mol. The molecule has 0 aromatic carbocycles. The molecule has 0 unspecified atom stereocenters. The van der Waals surface area contributed by atoms with Gasteiger partial charge in [-0.3, -0.25) is 9.48 Å². The van der Waals surface area contributed by atoms with Crippen molar-refractivity contribution in [3.63, 3.8) is 0 Å². The van der Waals surface area contributed by atoms with Crippen molar-refractivity contribution < 1.29 is 13.2 Å². The standard InChI is InChI=1S/C11H16N3O3S/c1-11(2,14-5-3-4-12-14)10(15)13-6-8-18(16,17)9-7-13/h4-5H,6-9H2,1-2H3. The van der Waals surface area contributed by atoms with Gasteiger partial charge in [0.25, 0.3) is 0 Å². The molecule has 0 saturated carbocycles. The highest BCUT2D eigenvalue weighted by atomic mass is 32.2. The summed E-state index contributed by atoms with van der Waals surface area (Å²) in [7, 11) is -2.97. The summed E-state index contributed by atoms with van der Waals surface area (Å²) in [6.45, 7) is 4.05. The van der Waals surface area contributed by atoms with Gasteiger partial charge in [0.1, 0.15) is 5.54 Å². The zero-order valence-electron chi connectivity index (χ0n) is 10.5. The number of aromatic nitrogens is 2. The second-order valence-corrected chi connectivity index (χ2v) is 7.19. The van der Waals surface area contributed by atoms with E-state index in [1.807, 2.05) is 0 Å². The van der Waals surface area contributed by atoms with Crippen LogP contribution in [-0.4, -0.2) is 53.6 Å². The molecule has 99 valence electrons. The molecule has 1 saturated heterocycles. The van der Waals surface area contributed by atoms with E-state index in [4.69, 9.17) is 0 Å². The third-order valence-electron chi connectivity index (χ3n) is 3.18. The molecule has 1 aromatic heterocycles. The van der Waals surface area contributed by atoms with E-state index in [0.717, 1.165) is 0 Å². The van der Waals surface area contributed by atoms with Crippen molar-refractivity contribution in [1.29, 1.82) is 0 Å². The van der Waals surface area contributed by atoms with Gasteiger partial charge in [0.15, 0.2) is 9.84 Å². The fourth-order valence-electron chi connectivity index (χ4n) is 1.94. The molecule has 1 aliphatic rings. The molecule has 1 radical (unpaired) electrons. The van der Waals surface area contributed by atoms with Crippen LogP contribution in [0.3, 0.4) is 0 Å². The van der Waals surface area contributed by atoms with Crippen LogP contribution >= 0.6 is 0 Å². The van der Waals surface area contributed by atoms with E-state index in [1.165, 1.54) is 6.20 Å². The fourth-order valence-corrected chi connectivity index (χ4v) is 3.14. The van der Waals surface area contributed by atoms with Crippen LogP contribution in [0.25, 0.3) is 0 Å². The number of hydrogen-bond donors (Lipinski definition) is 0. The molecular weight excluding hydrogens is 254 g/mol. The maximum atomic E-state index is 12.4. The minimum atomic E-state index is -2.97. The monoisotopic (exact) mass is 270 g/mol. The quantitative estimate of drug-likeness (QED) is 0.738. The summed E-state index contributed by atoms with van der Waals surface area (Å²) in [6.07, 6.45) is 3.11. The summed E-state index contributed by atoms with van der Waals surface area (Å²) in [5.41, 5.74) is -0.818. The lowest BCUT2D eigenvalue weighted by Gasteiger charge is -2.34. The lowest BCUT2D eigenvalue weighted by molar-refractivity contribution is -0.139. The highest BCUT2D eigenvalue weighted by molar-refractivity contribution is 7.91. The zero-order chi connectivity index (χ0) is 13.4. The van der Waals surface area contributed by atoms with Crippen LogP contribution in [0, 0.1) is 6.07 Å². The van der Waals surface area contributed by atoms with Gasteiger partial charge in [-0.2, -0.15) is 5.10 Å². The van der Waals surface area contributed by atoms with Crippen molar-refractivity contribution in [3.05, 3.63) is 18.5 Å². The van der Waals surface area contributed by atoms with Gasteiger partial charge in [0.05, 0.1) is 17.7 Å². The number of sulfone groups is 1.